The molecule has 0 aliphatic heterocycles. The summed E-state index contributed by atoms with van der Waals surface area (Å²) in [5.41, 5.74) is 30.1. The Morgan fingerprint density at radius 2 is 0.795 bits per heavy atom. The van der Waals surface area contributed by atoms with Crippen LogP contribution in [0.25, 0.3) is 0 Å². The normalized spacial score (nSPS) is 12.8. The maximum atomic E-state index is 6.19. The summed E-state index contributed by atoms with van der Waals surface area (Å²) in [4.78, 5) is 7.63. The van der Waals surface area contributed by atoms with Crippen molar-refractivity contribution in [2.24, 2.45) is 39.5 Å². The first kappa shape index (κ1) is 43.5. The van der Waals surface area contributed by atoms with Crippen LogP contribution in [0.2, 0.25) is 0 Å². The first-order chi connectivity index (χ1) is 21.4. The lowest BCUT2D eigenvalue weighted by molar-refractivity contribution is 0.146. The summed E-state index contributed by atoms with van der Waals surface area (Å²) >= 11 is 0. The Kier molecular flexibility index (Phi) is 28.4. The van der Waals surface area contributed by atoms with Gasteiger partial charge in [-0.2, -0.15) is 0 Å². The highest BCUT2D eigenvalue weighted by molar-refractivity contribution is 4.82. The zero-order chi connectivity index (χ0) is 32.9. The van der Waals surface area contributed by atoms with Gasteiger partial charge in [0.25, 0.3) is 0 Å². The van der Waals surface area contributed by atoms with E-state index in [4.69, 9.17) is 28.7 Å². The molecule has 0 amide bonds. The van der Waals surface area contributed by atoms with Gasteiger partial charge in [-0.15, -0.1) is 0 Å². The van der Waals surface area contributed by atoms with Gasteiger partial charge in [-0.05, 0) is 49.6 Å². The van der Waals surface area contributed by atoms with Crippen LogP contribution in [0.1, 0.15) is 53.4 Å². The van der Waals surface area contributed by atoms with Gasteiger partial charge < -0.3 is 54.8 Å². The first-order valence-electron chi connectivity index (χ1n) is 17.9. The lowest BCUT2D eigenvalue weighted by atomic mass is 9.82. The third kappa shape index (κ3) is 19.9. The number of rotatable bonds is 34. The van der Waals surface area contributed by atoms with Gasteiger partial charge in [0, 0.05) is 131 Å². The smallest absolute Gasteiger partial charge is 0.0110 e. The molecule has 12 nitrogen and oxygen atoms in total. The molecule has 0 bridgehead atoms. The monoisotopic (exact) mass is 631 g/mol. The predicted octanol–water partition coefficient (Wildman–Crippen LogP) is -1.34. The van der Waals surface area contributed by atoms with Gasteiger partial charge in [0.2, 0.25) is 0 Å². The Labute approximate surface area is 272 Å². The van der Waals surface area contributed by atoms with Crippen LogP contribution in [-0.4, -0.2) is 159 Å². The minimum Gasteiger partial charge on any atom is -0.330 e. The van der Waals surface area contributed by atoms with Crippen molar-refractivity contribution < 1.29 is 0 Å². The number of nitrogens with two attached hydrogens (primary N) is 5. The molecule has 14 N–H and O–H groups in total. The number of nitrogens with zero attached hydrogens (tertiary/aromatic N) is 3. The molecule has 0 aliphatic rings. The molecule has 0 radical (unpaired) electrons. The highest BCUT2D eigenvalue weighted by Crippen LogP contribution is 2.26. The summed E-state index contributed by atoms with van der Waals surface area (Å²) in [6, 6.07) is 0. The van der Waals surface area contributed by atoms with Gasteiger partial charge in [-0.1, -0.05) is 27.7 Å². The first-order valence-corrected chi connectivity index (χ1v) is 17.9. The highest BCUT2D eigenvalue weighted by atomic mass is 15.2. The topological polar surface area (TPSA) is 188 Å². The third-order valence-electron chi connectivity index (χ3n) is 9.77. The van der Waals surface area contributed by atoms with Crippen molar-refractivity contribution in [3.63, 3.8) is 0 Å². The van der Waals surface area contributed by atoms with Crippen molar-refractivity contribution in [3.8, 4) is 0 Å². The minimum absolute atomic E-state index is 0.184. The third-order valence-corrected chi connectivity index (χ3v) is 9.77. The van der Waals surface area contributed by atoms with E-state index in [0.29, 0.717) is 19.6 Å². The van der Waals surface area contributed by atoms with Crippen LogP contribution in [0.5, 0.6) is 0 Å². The standard InChI is InChI=1S/C32H78N12/c1-5-31(6-2,27-36)29-41-18-23-43(21-15-39-13-10-34)26-25-42(20-14-38-12-9-33)22-16-40-17-24-44(19-11-35)30-32(7-3,8-4)28-37/h38-41H,5-30,33-37H2,1-4H3. The lowest BCUT2D eigenvalue weighted by Crippen LogP contribution is -2.47. The maximum Gasteiger partial charge on any atom is 0.0110 e. The molecule has 0 aromatic carbocycles. The molecule has 0 aliphatic carbocycles. The fourth-order valence-electron chi connectivity index (χ4n) is 5.69. The molecule has 12 heteroatoms. The summed E-state index contributed by atoms with van der Waals surface area (Å²) in [5, 5.41) is 14.4. The quantitative estimate of drug-likeness (QED) is 0.0381. The van der Waals surface area contributed by atoms with Crippen LogP contribution in [0.15, 0.2) is 0 Å². The van der Waals surface area contributed by atoms with Gasteiger partial charge in [0.05, 0.1) is 0 Å². The van der Waals surface area contributed by atoms with E-state index in [1.165, 1.54) is 0 Å². The van der Waals surface area contributed by atoms with Crippen LogP contribution >= 0.6 is 0 Å². The van der Waals surface area contributed by atoms with E-state index >= 15 is 0 Å². The molecule has 0 atom stereocenters. The number of hydrogen-bond donors (Lipinski definition) is 9. The molecule has 0 fully saturated rings. The van der Waals surface area contributed by atoms with E-state index in [0.717, 1.165) is 150 Å². The molecule has 0 spiro atoms. The van der Waals surface area contributed by atoms with E-state index in [2.05, 4.69) is 63.7 Å². The SMILES string of the molecule is CCC(CC)(CN)CNCCN(CCNCCN)CCN(CCNCCN)CCNCCN(CCN)CC(CC)(CC)CN. The van der Waals surface area contributed by atoms with E-state index in [9.17, 15) is 0 Å². The largest absolute Gasteiger partial charge is 0.330 e. The van der Waals surface area contributed by atoms with Crippen LogP contribution in [0, 0.1) is 10.8 Å². The molecule has 0 unspecified atom stereocenters. The van der Waals surface area contributed by atoms with Gasteiger partial charge in [0.1, 0.15) is 0 Å². The second kappa shape index (κ2) is 28.7. The molecule has 0 saturated heterocycles. The molecule has 266 valence electrons. The summed E-state index contributed by atoms with van der Waals surface area (Å²) < 4.78 is 0. The summed E-state index contributed by atoms with van der Waals surface area (Å²) in [6.45, 7) is 29.0. The Morgan fingerprint density at radius 3 is 1.16 bits per heavy atom. The van der Waals surface area contributed by atoms with Crippen molar-refractivity contribution >= 4 is 0 Å². The average molecular weight is 631 g/mol. The van der Waals surface area contributed by atoms with Crippen molar-refractivity contribution in [1.29, 1.82) is 0 Å². The van der Waals surface area contributed by atoms with Crippen molar-refractivity contribution in [2.45, 2.75) is 53.4 Å². The molecule has 0 rings (SSSR count). The Morgan fingerprint density at radius 1 is 0.409 bits per heavy atom. The van der Waals surface area contributed by atoms with Crippen molar-refractivity contribution in [2.75, 3.05) is 144 Å². The molecule has 0 aromatic heterocycles. The average Bonchev–Trinajstić information content (AvgIpc) is 3.05. The molecular formula is C32H78N12. The van der Waals surface area contributed by atoms with Crippen LogP contribution in [-0.2, 0) is 0 Å². The van der Waals surface area contributed by atoms with Gasteiger partial charge in [0.15, 0.2) is 0 Å². The fraction of sp³-hybridized carbons (Fsp3) is 1.00. The highest BCUT2D eigenvalue weighted by Gasteiger charge is 2.27. The minimum atomic E-state index is 0.184. The molecule has 0 aromatic rings. The molecular weight excluding hydrogens is 552 g/mol. The second-order valence-electron chi connectivity index (χ2n) is 12.6. The van der Waals surface area contributed by atoms with Gasteiger partial charge in [-0.25, -0.2) is 0 Å². The van der Waals surface area contributed by atoms with Crippen LogP contribution < -0.4 is 49.9 Å². The van der Waals surface area contributed by atoms with Gasteiger partial charge in [-0.3, -0.25) is 9.80 Å². The molecule has 0 saturated carbocycles. The van der Waals surface area contributed by atoms with Crippen molar-refractivity contribution in [3.05, 3.63) is 0 Å². The summed E-state index contributed by atoms with van der Waals surface area (Å²) in [5.74, 6) is 0. The fourth-order valence-corrected chi connectivity index (χ4v) is 5.69. The van der Waals surface area contributed by atoms with Crippen LogP contribution in [0.4, 0.5) is 0 Å². The maximum absolute atomic E-state index is 6.19. The Bertz CT molecular complexity index is 587. The van der Waals surface area contributed by atoms with E-state index < -0.39 is 0 Å². The Balaban J connectivity index is 4.97. The van der Waals surface area contributed by atoms with E-state index in [-0.39, 0.29) is 10.8 Å². The molecule has 0 heterocycles. The van der Waals surface area contributed by atoms with E-state index in [1.54, 1.807) is 0 Å². The number of hydrogen-bond acceptors (Lipinski definition) is 12. The number of nitrogens with one attached hydrogen (secondary N) is 4. The summed E-state index contributed by atoms with van der Waals surface area (Å²) in [6.07, 6.45) is 4.42. The van der Waals surface area contributed by atoms with Crippen molar-refractivity contribution in [1.82, 2.24) is 36.0 Å². The van der Waals surface area contributed by atoms with E-state index in [1.807, 2.05) is 0 Å². The molecule has 44 heavy (non-hydrogen) atoms. The Hall–Kier alpha value is -0.480. The second-order valence-corrected chi connectivity index (χ2v) is 12.6. The lowest BCUT2D eigenvalue weighted by Gasteiger charge is -2.36. The zero-order valence-corrected chi connectivity index (χ0v) is 29.6. The predicted molar refractivity (Wildman–Crippen MR) is 192 cm³/mol. The van der Waals surface area contributed by atoms with Crippen LogP contribution in [0.3, 0.4) is 0 Å². The summed E-state index contributed by atoms with van der Waals surface area (Å²) in [7, 11) is 0. The van der Waals surface area contributed by atoms with Gasteiger partial charge >= 0.3 is 0 Å². The zero-order valence-electron chi connectivity index (χ0n) is 29.6.